The Hall–Kier alpha value is -1.99. The van der Waals surface area contributed by atoms with Gasteiger partial charge < -0.3 is 9.80 Å². The standard InChI is InChI=1S/C17H26FN5O2/c1-21(2)17(25)15-11-22(20-19-15)10-14-8-13(18)9-23(14)16(24)7-12-5-3-4-6-12/h11-14H,3-10H2,1-2H3/t13-,14-/m0/s1. The number of carbonyl (C=O) groups is 2. The molecule has 0 radical (unpaired) electrons. The molecule has 0 N–H and O–H groups in total. The maximum atomic E-state index is 13.9. The maximum Gasteiger partial charge on any atom is 0.275 e. The van der Waals surface area contributed by atoms with Gasteiger partial charge in [-0.2, -0.15) is 0 Å². The predicted octanol–water partition coefficient (Wildman–Crippen LogP) is 1.50. The number of nitrogens with zero attached hydrogens (tertiary/aromatic N) is 5. The monoisotopic (exact) mass is 351 g/mol. The van der Waals surface area contributed by atoms with Crippen molar-refractivity contribution in [1.29, 1.82) is 0 Å². The topological polar surface area (TPSA) is 71.3 Å². The van der Waals surface area contributed by atoms with Crippen LogP contribution in [-0.4, -0.2) is 69.5 Å². The number of aromatic nitrogens is 3. The van der Waals surface area contributed by atoms with E-state index in [1.165, 1.54) is 22.4 Å². The van der Waals surface area contributed by atoms with Gasteiger partial charge in [-0.1, -0.05) is 18.1 Å². The van der Waals surface area contributed by atoms with E-state index in [-0.39, 0.29) is 30.1 Å². The van der Waals surface area contributed by atoms with Gasteiger partial charge in [-0.05, 0) is 18.8 Å². The van der Waals surface area contributed by atoms with Crippen molar-refractivity contribution in [3.8, 4) is 0 Å². The molecule has 1 saturated heterocycles. The molecule has 1 saturated carbocycles. The average Bonchev–Trinajstić information content (AvgIpc) is 3.28. The third kappa shape index (κ3) is 4.16. The summed E-state index contributed by atoms with van der Waals surface area (Å²) < 4.78 is 15.5. The summed E-state index contributed by atoms with van der Waals surface area (Å²) >= 11 is 0. The summed E-state index contributed by atoms with van der Waals surface area (Å²) in [6, 6.07) is -0.229. The van der Waals surface area contributed by atoms with Crippen LogP contribution in [0.5, 0.6) is 0 Å². The van der Waals surface area contributed by atoms with E-state index in [0.29, 0.717) is 25.3 Å². The fraction of sp³-hybridized carbons (Fsp3) is 0.765. The second-order valence-corrected chi connectivity index (χ2v) is 7.41. The van der Waals surface area contributed by atoms with Crippen molar-refractivity contribution in [2.75, 3.05) is 20.6 Å². The average molecular weight is 351 g/mol. The van der Waals surface area contributed by atoms with Crippen LogP contribution in [0.2, 0.25) is 0 Å². The Morgan fingerprint density at radius 1 is 1.32 bits per heavy atom. The second kappa shape index (κ2) is 7.49. The van der Waals surface area contributed by atoms with E-state index in [9.17, 15) is 14.0 Å². The van der Waals surface area contributed by atoms with Crippen molar-refractivity contribution in [2.24, 2.45) is 5.92 Å². The van der Waals surface area contributed by atoms with Gasteiger partial charge in [0.25, 0.3) is 5.91 Å². The lowest BCUT2D eigenvalue weighted by Gasteiger charge is -2.25. The number of carbonyl (C=O) groups excluding carboxylic acids is 2. The molecule has 0 aromatic carbocycles. The van der Waals surface area contributed by atoms with Crippen LogP contribution in [-0.2, 0) is 11.3 Å². The summed E-state index contributed by atoms with van der Waals surface area (Å²) in [5, 5.41) is 7.84. The maximum absolute atomic E-state index is 13.9. The van der Waals surface area contributed by atoms with Crippen molar-refractivity contribution in [1.82, 2.24) is 24.8 Å². The third-order valence-electron chi connectivity index (χ3n) is 5.18. The van der Waals surface area contributed by atoms with Crippen molar-refractivity contribution in [3.63, 3.8) is 0 Å². The zero-order valence-electron chi connectivity index (χ0n) is 14.9. The minimum atomic E-state index is -0.996. The molecule has 1 aromatic heterocycles. The highest BCUT2D eigenvalue weighted by Gasteiger charge is 2.36. The van der Waals surface area contributed by atoms with E-state index in [1.807, 2.05) is 0 Å². The summed E-state index contributed by atoms with van der Waals surface area (Å²) in [6.07, 6.45) is 5.98. The summed E-state index contributed by atoms with van der Waals surface area (Å²) in [4.78, 5) is 27.6. The van der Waals surface area contributed by atoms with E-state index in [4.69, 9.17) is 0 Å². The largest absolute Gasteiger partial charge is 0.343 e. The molecule has 2 fully saturated rings. The molecule has 0 unspecified atom stereocenters. The zero-order valence-corrected chi connectivity index (χ0v) is 14.9. The number of rotatable bonds is 5. The highest BCUT2D eigenvalue weighted by atomic mass is 19.1. The van der Waals surface area contributed by atoms with Crippen LogP contribution in [0.15, 0.2) is 6.20 Å². The molecule has 25 heavy (non-hydrogen) atoms. The van der Waals surface area contributed by atoms with E-state index < -0.39 is 6.17 Å². The number of halogens is 1. The first-order valence-corrected chi connectivity index (χ1v) is 8.99. The van der Waals surface area contributed by atoms with Crippen molar-refractivity contribution >= 4 is 11.8 Å². The minimum Gasteiger partial charge on any atom is -0.343 e. The lowest BCUT2D eigenvalue weighted by atomic mass is 10.0. The number of likely N-dealkylation sites (tertiary alicyclic amines) is 1. The fourth-order valence-electron chi connectivity index (χ4n) is 3.85. The van der Waals surface area contributed by atoms with E-state index >= 15 is 0 Å². The van der Waals surface area contributed by atoms with Crippen molar-refractivity contribution in [2.45, 2.75) is 57.3 Å². The Labute approximate surface area is 147 Å². The fourth-order valence-corrected chi connectivity index (χ4v) is 3.85. The predicted molar refractivity (Wildman–Crippen MR) is 89.6 cm³/mol. The highest BCUT2D eigenvalue weighted by molar-refractivity contribution is 5.91. The quantitative estimate of drug-likeness (QED) is 0.806. The summed E-state index contributed by atoms with van der Waals surface area (Å²) in [5.74, 6) is 0.263. The van der Waals surface area contributed by atoms with E-state index in [0.717, 1.165) is 12.8 Å². The third-order valence-corrected chi connectivity index (χ3v) is 5.18. The summed E-state index contributed by atoms with van der Waals surface area (Å²) in [5.41, 5.74) is 0.253. The van der Waals surface area contributed by atoms with Gasteiger partial charge in [0, 0.05) is 26.9 Å². The molecule has 3 rings (SSSR count). The number of hydrogen-bond acceptors (Lipinski definition) is 4. The first kappa shape index (κ1) is 17.8. The molecule has 7 nitrogen and oxygen atoms in total. The van der Waals surface area contributed by atoms with Gasteiger partial charge in [0.05, 0.1) is 25.3 Å². The van der Waals surface area contributed by atoms with Gasteiger partial charge in [0.15, 0.2) is 5.69 Å². The van der Waals surface area contributed by atoms with Crippen LogP contribution in [0.25, 0.3) is 0 Å². The van der Waals surface area contributed by atoms with Gasteiger partial charge in [-0.15, -0.1) is 5.10 Å². The van der Waals surface area contributed by atoms with Gasteiger partial charge in [-0.25, -0.2) is 9.07 Å². The van der Waals surface area contributed by atoms with Crippen LogP contribution in [0.3, 0.4) is 0 Å². The van der Waals surface area contributed by atoms with Crippen LogP contribution in [0, 0.1) is 5.92 Å². The number of hydrogen-bond donors (Lipinski definition) is 0. The molecule has 2 heterocycles. The molecular weight excluding hydrogens is 325 g/mol. The van der Waals surface area contributed by atoms with Gasteiger partial charge in [-0.3, -0.25) is 9.59 Å². The van der Waals surface area contributed by atoms with Gasteiger partial charge in [0.2, 0.25) is 5.91 Å². The molecule has 2 atom stereocenters. The molecule has 2 aliphatic rings. The lowest BCUT2D eigenvalue weighted by molar-refractivity contribution is -0.133. The molecule has 1 aromatic rings. The van der Waals surface area contributed by atoms with Gasteiger partial charge >= 0.3 is 0 Å². The van der Waals surface area contributed by atoms with E-state index in [2.05, 4.69) is 10.3 Å². The van der Waals surface area contributed by atoms with Crippen LogP contribution < -0.4 is 0 Å². The van der Waals surface area contributed by atoms with Gasteiger partial charge in [0.1, 0.15) is 6.17 Å². The molecule has 0 spiro atoms. The SMILES string of the molecule is CN(C)C(=O)c1cn(C[C@@H]2C[C@H](F)CN2C(=O)CC2CCCC2)nn1. The first-order chi connectivity index (χ1) is 11.9. The molecule has 1 aliphatic carbocycles. The lowest BCUT2D eigenvalue weighted by Crippen LogP contribution is -2.39. The summed E-state index contributed by atoms with van der Waals surface area (Å²) in [6.45, 7) is 0.527. The normalized spacial score (nSPS) is 24.0. The minimum absolute atomic E-state index is 0.0433. The molecule has 2 amide bonds. The Morgan fingerprint density at radius 2 is 2.04 bits per heavy atom. The Morgan fingerprint density at radius 3 is 2.72 bits per heavy atom. The number of alkyl halides is 1. The van der Waals surface area contributed by atoms with Crippen molar-refractivity contribution in [3.05, 3.63) is 11.9 Å². The molecule has 1 aliphatic heterocycles. The molecule has 0 bridgehead atoms. The second-order valence-electron chi connectivity index (χ2n) is 7.41. The van der Waals surface area contributed by atoms with Crippen LogP contribution in [0.4, 0.5) is 4.39 Å². The molecule has 8 heteroatoms. The summed E-state index contributed by atoms with van der Waals surface area (Å²) in [7, 11) is 3.30. The Bertz CT molecular complexity index is 626. The number of amides is 2. The van der Waals surface area contributed by atoms with E-state index in [1.54, 1.807) is 25.2 Å². The molecular formula is C17H26FN5O2. The Balaban J connectivity index is 1.63. The smallest absolute Gasteiger partial charge is 0.275 e. The van der Waals surface area contributed by atoms with Crippen LogP contribution >= 0.6 is 0 Å². The first-order valence-electron chi connectivity index (χ1n) is 8.99. The molecule has 138 valence electrons. The highest BCUT2D eigenvalue weighted by Crippen LogP contribution is 2.30. The Kier molecular flexibility index (Phi) is 5.34. The van der Waals surface area contributed by atoms with Crippen molar-refractivity contribution < 1.29 is 14.0 Å². The van der Waals surface area contributed by atoms with Crippen LogP contribution in [0.1, 0.15) is 49.0 Å². The zero-order chi connectivity index (χ0) is 18.0.